The number of rotatable bonds is 4. The minimum absolute atomic E-state index is 0.109. The first-order valence-corrected chi connectivity index (χ1v) is 6.62. The molecule has 17 heavy (non-hydrogen) atoms. The summed E-state index contributed by atoms with van der Waals surface area (Å²) < 4.78 is 2.24. The summed E-state index contributed by atoms with van der Waals surface area (Å²) in [5.74, 6) is -0.0124. The Morgan fingerprint density at radius 3 is 3.06 bits per heavy atom. The molecule has 0 aromatic carbocycles. The van der Waals surface area contributed by atoms with Crippen molar-refractivity contribution >= 4 is 43.8 Å². The zero-order valence-corrected chi connectivity index (χ0v) is 10.5. The van der Waals surface area contributed by atoms with Gasteiger partial charge in [-0.2, -0.15) is 0 Å². The maximum absolute atomic E-state index is 11.7. The summed E-state index contributed by atoms with van der Waals surface area (Å²) in [7, 11) is 0. The highest BCUT2D eigenvalue weighted by Gasteiger charge is 2.10. The van der Waals surface area contributed by atoms with Crippen molar-refractivity contribution in [3.8, 4) is 0 Å². The lowest BCUT2D eigenvalue weighted by molar-refractivity contribution is 0.0959. The van der Waals surface area contributed by atoms with E-state index in [1.807, 2.05) is 17.5 Å². The third-order valence-corrected chi connectivity index (χ3v) is 4.25. The van der Waals surface area contributed by atoms with Crippen LogP contribution in [0.25, 0.3) is 9.40 Å². The number of thiophene rings is 2. The highest BCUT2D eigenvalue weighted by atomic mass is 32.1. The SMILES string of the molecule is N/C(CCNC(=O)c1cc2sccc2s1)=N/O. The van der Waals surface area contributed by atoms with Gasteiger partial charge < -0.3 is 16.3 Å². The van der Waals surface area contributed by atoms with Gasteiger partial charge in [-0.3, -0.25) is 4.79 Å². The molecule has 0 spiro atoms. The van der Waals surface area contributed by atoms with Gasteiger partial charge >= 0.3 is 0 Å². The van der Waals surface area contributed by atoms with Crippen LogP contribution >= 0.6 is 22.7 Å². The van der Waals surface area contributed by atoms with Gasteiger partial charge in [0.2, 0.25) is 0 Å². The zero-order valence-electron chi connectivity index (χ0n) is 8.84. The van der Waals surface area contributed by atoms with Gasteiger partial charge in [-0.1, -0.05) is 5.16 Å². The molecule has 2 heterocycles. The first-order chi connectivity index (χ1) is 8.20. The van der Waals surface area contributed by atoms with E-state index in [9.17, 15) is 4.79 Å². The molecule has 2 aromatic rings. The molecule has 2 rings (SSSR count). The van der Waals surface area contributed by atoms with Crippen LogP contribution in [0, 0.1) is 0 Å². The summed E-state index contributed by atoms with van der Waals surface area (Å²) in [4.78, 5) is 12.4. The Kier molecular flexibility index (Phi) is 3.60. The van der Waals surface area contributed by atoms with Gasteiger partial charge in [0.25, 0.3) is 5.91 Å². The minimum Gasteiger partial charge on any atom is -0.409 e. The standard InChI is InChI=1S/C10H11N3O2S2/c11-9(13-15)1-3-12-10(14)8-5-7-6(17-8)2-4-16-7/h2,4-5,15H,1,3H2,(H2,11,13)(H,12,14). The predicted molar refractivity (Wildman–Crippen MR) is 70.1 cm³/mol. The van der Waals surface area contributed by atoms with E-state index in [4.69, 9.17) is 10.9 Å². The lowest BCUT2D eigenvalue weighted by Gasteiger charge is -2.01. The summed E-state index contributed by atoms with van der Waals surface area (Å²) in [6, 6.07) is 3.88. The Balaban J connectivity index is 1.94. The number of amidine groups is 1. The van der Waals surface area contributed by atoms with Gasteiger partial charge in [-0.25, -0.2) is 0 Å². The first-order valence-electron chi connectivity index (χ1n) is 4.92. The maximum atomic E-state index is 11.7. The molecule has 0 radical (unpaired) electrons. The van der Waals surface area contributed by atoms with Crippen molar-refractivity contribution in [2.24, 2.45) is 10.9 Å². The van der Waals surface area contributed by atoms with Gasteiger partial charge in [-0.15, -0.1) is 22.7 Å². The molecule has 2 aromatic heterocycles. The van der Waals surface area contributed by atoms with Gasteiger partial charge in [0.05, 0.1) is 4.88 Å². The fraction of sp³-hybridized carbons (Fsp3) is 0.200. The van der Waals surface area contributed by atoms with Gasteiger partial charge in [0.15, 0.2) is 0 Å². The minimum atomic E-state index is -0.121. The van der Waals surface area contributed by atoms with E-state index in [0.717, 1.165) is 9.40 Å². The van der Waals surface area contributed by atoms with Crippen molar-refractivity contribution in [1.82, 2.24) is 5.32 Å². The normalized spacial score (nSPS) is 11.9. The molecule has 4 N–H and O–H groups in total. The summed E-state index contributed by atoms with van der Waals surface area (Å²) >= 11 is 3.08. The molecular weight excluding hydrogens is 258 g/mol. The van der Waals surface area contributed by atoms with Gasteiger partial charge in [0.1, 0.15) is 5.84 Å². The molecule has 0 unspecified atom stereocenters. The fourth-order valence-corrected chi connectivity index (χ4v) is 3.34. The molecule has 90 valence electrons. The van der Waals surface area contributed by atoms with E-state index in [1.165, 1.54) is 11.3 Å². The number of nitrogens with one attached hydrogen (secondary N) is 1. The van der Waals surface area contributed by atoms with Crippen LogP contribution in [0.2, 0.25) is 0 Å². The summed E-state index contributed by atoms with van der Waals surface area (Å²) in [6.45, 7) is 0.361. The molecule has 0 aliphatic heterocycles. The number of nitrogens with zero attached hydrogens (tertiary/aromatic N) is 1. The van der Waals surface area contributed by atoms with Crippen LogP contribution in [-0.2, 0) is 0 Å². The lowest BCUT2D eigenvalue weighted by Crippen LogP contribution is -2.27. The van der Waals surface area contributed by atoms with Crippen LogP contribution in [0.1, 0.15) is 16.1 Å². The van der Waals surface area contributed by atoms with Crippen LogP contribution in [0.3, 0.4) is 0 Å². The van der Waals surface area contributed by atoms with E-state index >= 15 is 0 Å². The molecule has 0 saturated heterocycles. The largest absolute Gasteiger partial charge is 0.409 e. The first kappa shape index (κ1) is 11.9. The molecule has 0 fully saturated rings. The zero-order chi connectivity index (χ0) is 12.3. The molecule has 0 saturated carbocycles. The molecular formula is C10H11N3O2S2. The third-order valence-electron chi connectivity index (χ3n) is 2.16. The second-order valence-electron chi connectivity index (χ2n) is 3.36. The Morgan fingerprint density at radius 2 is 2.35 bits per heavy atom. The van der Waals surface area contributed by atoms with Crippen molar-refractivity contribution in [1.29, 1.82) is 0 Å². The van der Waals surface area contributed by atoms with Crippen LogP contribution in [0.4, 0.5) is 0 Å². The molecule has 0 atom stereocenters. The number of hydrogen-bond acceptors (Lipinski definition) is 5. The van der Waals surface area contributed by atoms with Gasteiger partial charge in [-0.05, 0) is 17.5 Å². The number of carbonyl (C=O) groups excluding carboxylic acids is 1. The molecule has 7 heteroatoms. The number of oxime groups is 1. The predicted octanol–water partition coefficient (Wildman–Crippen LogP) is 1.83. The monoisotopic (exact) mass is 269 g/mol. The second kappa shape index (κ2) is 5.15. The molecule has 5 nitrogen and oxygen atoms in total. The molecule has 0 aliphatic rings. The van der Waals surface area contributed by atoms with E-state index in [1.54, 1.807) is 11.3 Å². The Morgan fingerprint density at radius 1 is 1.53 bits per heavy atom. The Labute approximate surface area is 106 Å². The third kappa shape index (κ3) is 2.75. The van der Waals surface area contributed by atoms with Crippen molar-refractivity contribution in [3.05, 3.63) is 22.4 Å². The van der Waals surface area contributed by atoms with E-state index in [-0.39, 0.29) is 11.7 Å². The average molecular weight is 269 g/mol. The average Bonchev–Trinajstić information content (AvgIpc) is 2.88. The van der Waals surface area contributed by atoms with Crippen LogP contribution in [-0.4, -0.2) is 23.5 Å². The maximum Gasteiger partial charge on any atom is 0.261 e. The number of hydrogen-bond donors (Lipinski definition) is 3. The van der Waals surface area contributed by atoms with Crippen molar-refractivity contribution in [2.75, 3.05) is 6.54 Å². The van der Waals surface area contributed by atoms with Crippen LogP contribution in [0.5, 0.6) is 0 Å². The Bertz CT molecular complexity index is 530. The fourth-order valence-electron chi connectivity index (χ4n) is 1.32. The van der Waals surface area contributed by atoms with E-state index < -0.39 is 0 Å². The topological polar surface area (TPSA) is 87.7 Å². The second-order valence-corrected chi connectivity index (χ2v) is 5.39. The number of carbonyl (C=O) groups is 1. The lowest BCUT2D eigenvalue weighted by atomic mass is 10.3. The van der Waals surface area contributed by atoms with Crippen LogP contribution < -0.4 is 11.1 Å². The van der Waals surface area contributed by atoms with E-state index in [0.29, 0.717) is 17.8 Å². The summed E-state index contributed by atoms with van der Waals surface area (Å²) in [5, 5.41) is 15.9. The highest BCUT2D eigenvalue weighted by Crippen LogP contribution is 2.29. The summed E-state index contributed by atoms with van der Waals surface area (Å²) in [5.41, 5.74) is 5.30. The van der Waals surface area contributed by atoms with E-state index in [2.05, 4.69) is 10.5 Å². The van der Waals surface area contributed by atoms with Crippen molar-refractivity contribution in [3.63, 3.8) is 0 Å². The summed E-state index contributed by atoms with van der Waals surface area (Å²) in [6.07, 6.45) is 0.335. The Hall–Kier alpha value is -1.60. The number of fused-ring (bicyclic) bond motifs is 1. The van der Waals surface area contributed by atoms with Crippen molar-refractivity contribution in [2.45, 2.75) is 6.42 Å². The molecule has 0 bridgehead atoms. The highest BCUT2D eigenvalue weighted by molar-refractivity contribution is 7.27. The number of nitrogens with two attached hydrogens (primary N) is 1. The number of amides is 1. The molecule has 0 aliphatic carbocycles. The molecule has 1 amide bonds. The quantitative estimate of drug-likeness (QED) is 0.342. The van der Waals surface area contributed by atoms with Gasteiger partial charge in [0, 0.05) is 22.4 Å². The smallest absolute Gasteiger partial charge is 0.261 e. The van der Waals surface area contributed by atoms with Crippen LogP contribution in [0.15, 0.2) is 22.7 Å². The van der Waals surface area contributed by atoms with Crippen molar-refractivity contribution < 1.29 is 10.0 Å².